The lowest BCUT2D eigenvalue weighted by atomic mass is 9.87. The fraction of sp³-hybridized carbons (Fsp3) is 0.382. The van der Waals surface area contributed by atoms with Crippen molar-refractivity contribution in [3.63, 3.8) is 0 Å². The first kappa shape index (κ1) is 27.6. The van der Waals surface area contributed by atoms with Gasteiger partial charge < -0.3 is 5.73 Å². The van der Waals surface area contributed by atoms with Gasteiger partial charge in [0.05, 0.1) is 12.0 Å². The monoisotopic (exact) mass is 536 g/mol. The minimum atomic E-state index is -0.473. The highest BCUT2D eigenvalue weighted by atomic mass is 16.2. The summed E-state index contributed by atoms with van der Waals surface area (Å²) in [7, 11) is 0. The van der Waals surface area contributed by atoms with E-state index in [1.807, 2.05) is 19.1 Å². The molecule has 5 rings (SSSR count). The van der Waals surface area contributed by atoms with Crippen LogP contribution in [0.4, 0.5) is 0 Å². The Morgan fingerprint density at radius 3 is 2.20 bits per heavy atom. The molecule has 0 spiro atoms. The average molecular weight is 537 g/mol. The summed E-state index contributed by atoms with van der Waals surface area (Å²) in [6.45, 7) is 9.69. The number of benzene rings is 3. The van der Waals surface area contributed by atoms with E-state index >= 15 is 0 Å². The van der Waals surface area contributed by atoms with Gasteiger partial charge in [0, 0.05) is 13.0 Å². The van der Waals surface area contributed by atoms with E-state index in [-0.39, 0.29) is 17.0 Å². The third-order valence-corrected chi connectivity index (χ3v) is 8.26. The maximum Gasteiger partial charge on any atom is 0.346 e. The van der Waals surface area contributed by atoms with Gasteiger partial charge >= 0.3 is 5.69 Å². The number of aryl methyl sites for hydroxylation is 2. The predicted molar refractivity (Wildman–Crippen MR) is 160 cm³/mol. The second-order valence-corrected chi connectivity index (χ2v) is 12.1. The van der Waals surface area contributed by atoms with Crippen LogP contribution in [-0.4, -0.2) is 20.3 Å². The summed E-state index contributed by atoms with van der Waals surface area (Å²) in [5.74, 6) is 0.615. The normalized spacial score (nSPS) is 14.3. The summed E-state index contributed by atoms with van der Waals surface area (Å²) < 4.78 is 3.39. The Hall–Kier alpha value is -3.93. The number of nitrogens with two attached hydrogens (primary N) is 1. The Morgan fingerprint density at radius 1 is 0.925 bits per heavy atom. The summed E-state index contributed by atoms with van der Waals surface area (Å²) in [4.78, 5) is 25.0. The third-order valence-electron chi connectivity index (χ3n) is 8.26. The van der Waals surface area contributed by atoms with Crippen LogP contribution in [0.25, 0.3) is 11.1 Å². The van der Waals surface area contributed by atoms with Crippen molar-refractivity contribution < 1.29 is 4.79 Å². The Labute approximate surface area is 236 Å². The number of carbonyl (C=O) groups excluding carboxylic acids is 1. The lowest BCUT2D eigenvalue weighted by molar-refractivity contribution is -0.120. The standard InChI is InChI=1S/C34H40N4O2/c1-5-37-30(36-38(32(37)40)23-25-14-18-28(19-15-25)33(2,3)4)11-6-8-24-12-16-26(17-13-24)27-9-7-10-29(22-27)34(20-21-34)31(35)39/h7,9-10,12-19,22H,5-6,8,11,20-21,23H2,1-4H3,(H2,35,39). The lowest BCUT2D eigenvalue weighted by Gasteiger charge is -2.19. The highest BCUT2D eigenvalue weighted by molar-refractivity contribution is 5.90. The van der Waals surface area contributed by atoms with Gasteiger partial charge in [-0.05, 0) is 71.4 Å². The number of primary amides is 1. The van der Waals surface area contributed by atoms with Crippen LogP contribution in [0.5, 0.6) is 0 Å². The van der Waals surface area contributed by atoms with Crippen LogP contribution < -0.4 is 11.4 Å². The number of nitrogens with zero attached hydrogens (tertiary/aromatic N) is 3. The van der Waals surface area contributed by atoms with Crippen LogP contribution in [0.2, 0.25) is 0 Å². The number of aromatic nitrogens is 3. The van der Waals surface area contributed by atoms with Crippen LogP contribution >= 0.6 is 0 Å². The fourth-order valence-electron chi connectivity index (χ4n) is 5.49. The van der Waals surface area contributed by atoms with Crippen molar-refractivity contribution >= 4 is 5.91 Å². The van der Waals surface area contributed by atoms with E-state index in [2.05, 4.69) is 81.4 Å². The van der Waals surface area contributed by atoms with Gasteiger partial charge in [-0.3, -0.25) is 9.36 Å². The van der Waals surface area contributed by atoms with E-state index in [0.717, 1.165) is 60.2 Å². The zero-order valence-electron chi connectivity index (χ0n) is 24.1. The number of carbonyl (C=O) groups is 1. The molecule has 6 heteroatoms. The van der Waals surface area contributed by atoms with E-state index in [9.17, 15) is 9.59 Å². The molecular formula is C34H40N4O2. The zero-order valence-corrected chi connectivity index (χ0v) is 24.1. The highest BCUT2D eigenvalue weighted by Crippen LogP contribution is 2.48. The topological polar surface area (TPSA) is 82.9 Å². The fourth-order valence-corrected chi connectivity index (χ4v) is 5.49. The molecule has 3 aromatic carbocycles. The van der Waals surface area contributed by atoms with Crippen LogP contribution in [0.1, 0.15) is 75.0 Å². The molecule has 0 atom stereocenters. The molecule has 40 heavy (non-hydrogen) atoms. The minimum Gasteiger partial charge on any atom is -0.369 e. The second kappa shape index (κ2) is 10.9. The van der Waals surface area contributed by atoms with Gasteiger partial charge in [-0.2, -0.15) is 5.10 Å². The van der Waals surface area contributed by atoms with Crippen molar-refractivity contribution in [2.45, 2.75) is 83.7 Å². The molecule has 208 valence electrons. The first-order chi connectivity index (χ1) is 19.1. The van der Waals surface area contributed by atoms with Gasteiger partial charge in [0.2, 0.25) is 5.91 Å². The van der Waals surface area contributed by atoms with Crippen molar-refractivity contribution in [3.05, 3.63) is 111 Å². The second-order valence-electron chi connectivity index (χ2n) is 12.1. The Kier molecular flexibility index (Phi) is 7.54. The maximum atomic E-state index is 13.0. The molecule has 2 N–H and O–H groups in total. The molecule has 1 amide bonds. The molecule has 1 aliphatic carbocycles. The van der Waals surface area contributed by atoms with E-state index < -0.39 is 5.41 Å². The smallest absolute Gasteiger partial charge is 0.346 e. The SMILES string of the molecule is CCn1c(CCCc2ccc(-c3cccc(C4(C(N)=O)CC4)c3)cc2)nn(Cc2ccc(C(C)(C)C)cc2)c1=O. The molecule has 1 heterocycles. The van der Waals surface area contributed by atoms with Gasteiger partial charge in [-0.1, -0.05) is 93.6 Å². The summed E-state index contributed by atoms with van der Waals surface area (Å²) in [6.07, 6.45) is 4.23. The van der Waals surface area contributed by atoms with Crippen molar-refractivity contribution in [2.75, 3.05) is 0 Å². The molecule has 1 aliphatic rings. The van der Waals surface area contributed by atoms with Crippen LogP contribution in [0, 0.1) is 0 Å². The average Bonchev–Trinajstić information content (AvgIpc) is 3.70. The molecule has 0 saturated heterocycles. The quantitative estimate of drug-likeness (QED) is 0.279. The summed E-state index contributed by atoms with van der Waals surface area (Å²) in [5.41, 5.74) is 12.1. The van der Waals surface area contributed by atoms with Crippen molar-refractivity contribution in [1.82, 2.24) is 14.3 Å². The molecule has 0 aliphatic heterocycles. The Balaban J connectivity index is 1.22. The molecular weight excluding hydrogens is 496 g/mol. The largest absolute Gasteiger partial charge is 0.369 e. The highest BCUT2D eigenvalue weighted by Gasteiger charge is 2.49. The van der Waals surface area contributed by atoms with Crippen molar-refractivity contribution in [2.24, 2.45) is 5.73 Å². The number of amides is 1. The number of hydrogen-bond acceptors (Lipinski definition) is 3. The van der Waals surface area contributed by atoms with Crippen LogP contribution in [0.15, 0.2) is 77.6 Å². The van der Waals surface area contributed by atoms with E-state index in [1.165, 1.54) is 11.1 Å². The van der Waals surface area contributed by atoms with Gasteiger partial charge in [0.25, 0.3) is 0 Å². The Bertz CT molecular complexity index is 1550. The molecule has 6 nitrogen and oxygen atoms in total. The van der Waals surface area contributed by atoms with Crippen molar-refractivity contribution in [1.29, 1.82) is 0 Å². The van der Waals surface area contributed by atoms with Crippen molar-refractivity contribution in [3.8, 4) is 11.1 Å². The van der Waals surface area contributed by atoms with Crippen LogP contribution in [0.3, 0.4) is 0 Å². The van der Waals surface area contributed by atoms with E-state index in [4.69, 9.17) is 10.8 Å². The van der Waals surface area contributed by atoms with Gasteiger partial charge in [-0.15, -0.1) is 0 Å². The number of rotatable bonds is 10. The predicted octanol–water partition coefficient (Wildman–Crippen LogP) is 5.77. The van der Waals surface area contributed by atoms with Gasteiger partial charge in [0.15, 0.2) is 0 Å². The minimum absolute atomic E-state index is 0.0479. The molecule has 1 saturated carbocycles. The Morgan fingerprint density at radius 2 is 1.60 bits per heavy atom. The molecule has 1 aromatic heterocycles. The van der Waals surface area contributed by atoms with E-state index in [0.29, 0.717) is 13.1 Å². The summed E-state index contributed by atoms with van der Waals surface area (Å²) >= 11 is 0. The van der Waals surface area contributed by atoms with Crippen LogP contribution in [-0.2, 0) is 41.6 Å². The zero-order chi connectivity index (χ0) is 28.5. The van der Waals surface area contributed by atoms with Gasteiger partial charge in [0.1, 0.15) is 5.82 Å². The third kappa shape index (κ3) is 5.67. The van der Waals surface area contributed by atoms with E-state index in [1.54, 1.807) is 9.25 Å². The summed E-state index contributed by atoms with van der Waals surface area (Å²) in [6, 6.07) is 25.3. The maximum absolute atomic E-state index is 13.0. The van der Waals surface area contributed by atoms with Gasteiger partial charge in [-0.25, -0.2) is 9.48 Å². The number of hydrogen-bond donors (Lipinski definition) is 1. The first-order valence-corrected chi connectivity index (χ1v) is 14.4. The molecule has 0 radical (unpaired) electrons. The lowest BCUT2D eigenvalue weighted by Crippen LogP contribution is -2.28. The summed E-state index contributed by atoms with van der Waals surface area (Å²) in [5, 5.41) is 4.71. The first-order valence-electron chi connectivity index (χ1n) is 14.4. The molecule has 1 fully saturated rings. The molecule has 0 unspecified atom stereocenters. The molecule has 4 aromatic rings. The molecule has 0 bridgehead atoms.